The maximum absolute atomic E-state index is 6.75. The molecule has 7 aromatic carbocycles. The highest BCUT2D eigenvalue weighted by Gasteiger charge is 2.30. The molecule has 5 heterocycles. The molecule has 0 N–H and O–H groups in total. The van der Waals surface area contributed by atoms with Gasteiger partial charge in [-0.1, -0.05) is 152 Å². The molecule has 7 nitrogen and oxygen atoms in total. The highest BCUT2D eigenvalue weighted by atomic mass is 16.3. The van der Waals surface area contributed by atoms with Gasteiger partial charge in [-0.05, 0) is 30.3 Å². The number of furan rings is 1. The van der Waals surface area contributed by atoms with Gasteiger partial charge in [0.1, 0.15) is 11.3 Å². The molecule has 0 spiro atoms. The minimum atomic E-state index is 0.496. The van der Waals surface area contributed by atoms with E-state index < -0.39 is 0 Å². The van der Waals surface area contributed by atoms with E-state index in [-0.39, 0.29) is 0 Å². The molecule has 0 aliphatic heterocycles. The third-order valence-corrected chi connectivity index (χ3v) is 11.0. The zero-order chi connectivity index (χ0) is 37.5. The largest absolute Gasteiger partial charge is 0.438 e. The maximum atomic E-state index is 6.75. The van der Waals surface area contributed by atoms with Crippen molar-refractivity contribution in [2.45, 2.75) is 0 Å². The van der Waals surface area contributed by atoms with Gasteiger partial charge in [-0.25, -0.2) is 15.0 Å². The molecule has 5 aromatic heterocycles. The fourth-order valence-corrected chi connectivity index (χ4v) is 8.55. The molecule has 0 bridgehead atoms. The number of nitrogens with zero attached hydrogens (tertiary/aromatic N) is 6. The smallest absolute Gasteiger partial charge is 0.230 e. The van der Waals surface area contributed by atoms with Crippen molar-refractivity contribution in [3.05, 3.63) is 182 Å². The fraction of sp³-hybridized carbons (Fsp3) is 0. The van der Waals surface area contributed by atoms with E-state index in [1.807, 2.05) is 78.9 Å². The average molecular weight is 731 g/mol. The Morgan fingerprint density at radius 2 is 0.754 bits per heavy atom. The molecule has 12 rings (SSSR count). The second-order valence-electron chi connectivity index (χ2n) is 14.2. The van der Waals surface area contributed by atoms with Crippen LogP contribution in [0.15, 0.2) is 186 Å². The maximum Gasteiger partial charge on any atom is 0.230 e. The molecule has 0 amide bonds. The van der Waals surface area contributed by atoms with E-state index in [1.54, 1.807) is 0 Å². The van der Waals surface area contributed by atoms with Gasteiger partial charge in [0, 0.05) is 38.1 Å². The van der Waals surface area contributed by atoms with Gasteiger partial charge in [0.05, 0.1) is 33.0 Å². The molecule has 0 radical (unpaired) electrons. The van der Waals surface area contributed by atoms with E-state index in [2.05, 4.69) is 112 Å². The molecule has 12 aromatic rings. The minimum Gasteiger partial charge on any atom is -0.438 e. The van der Waals surface area contributed by atoms with Crippen molar-refractivity contribution in [2.24, 2.45) is 0 Å². The quantitative estimate of drug-likeness (QED) is 0.176. The molecular weight excluding hydrogens is 701 g/mol. The van der Waals surface area contributed by atoms with Gasteiger partial charge < -0.3 is 8.98 Å². The van der Waals surface area contributed by atoms with Crippen LogP contribution in [0.4, 0.5) is 0 Å². The first-order valence-corrected chi connectivity index (χ1v) is 19.0. The molecule has 0 fully saturated rings. The van der Waals surface area contributed by atoms with E-state index in [1.165, 1.54) is 0 Å². The molecule has 7 heteroatoms. The van der Waals surface area contributed by atoms with E-state index in [4.69, 9.17) is 24.4 Å². The van der Waals surface area contributed by atoms with Crippen molar-refractivity contribution in [1.82, 2.24) is 29.1 Å². The lowest BCUT2D eigenvalue weighted by Gasteiger charge is -2.20. The molecule has 0 aliphatic carbocycles. The predicted molar refractivity (Wildman–Crippen MR) is 230 cm³/mol. The number of fused-ring (bicyclic) bond motifs is 9. The van der Waals surface area contributed by atoms with Crippen LogP contribution in [0.3, 0.4) is 0 Å². The molecule has 0 saturated heterocycles. The Morgan fingerprint density at radius 1 is 0.351 bits per heavy atom. The van der Waals surface area contributed by atoms with Gasteiger partial charge >= 0.3 is 0 Å². The van der Waals surface area contributed by atoms with Gasteiger partial charge in [-0.3, -0.25) is 4.57 Å². The number of pyridine rings is 1. The number of benzene rings is 7. The topological polar surface area (TPSA) is 74.6 Å². The standard InChI is InChI=1S/C50H30N6O/c1-3-17-31(18-4-1)46-51-47(32-19-5-2-6-20-32)53-48(52-46)44-43-37-25-11-16-30-42(37)57-50(43)54-49(56-40-28-14-9-23-35(40)36-24-10-15-29-41(36)56)45(44)55-38-26-12-7-21-33(38)34-22-8-13-27-39(34)55/h1-30H. The zero-order valence-electron chi connectivity index (χ0n) is 30.4. The lowest BCUT2D eigenvalue weighted by Crippen LogP contribution is -2.10. The Morgan fingerprint density at radius 3 is 1.26 bits per heavy atom. The summed E-state index contributed by atoms with van der Waals surface area (Å²) in [7, 11) is 0. The first kappa shape index (κ1) is 31.5. The number of rotatable bonds is 5. The van der Waals surface area contributed by atoms with Crippen molar-refractivity contribution >= 4 is 65.7 Å². The van der Waals surface area contributed by atoms with E-state index >= 15 is 0 Å². The van der Waals surface area contributed by atoms with Gasteiger partial charge in [-0.15, -0.1) is 0 Å². The molecule has 0 unspecified atom stereocenters. The van der Waals surface area contributed by atoms with E-state index in [0.29, 0.717) is 29.0 Å². The third kappa shape index (κ3) is 4.72. The summed E-state index contributed by atoms with van der Waals surface area (Å²) in [5.41, 5.74) is 8.77. The van der Waals surface area contributed by atoms with Crippen LogP contribution in [0, 0.1) is 0 Å². The summed E-state index contributed by atoms with van der Waals surface area (Å²) in [5, 5.41) is 6.29. The molecule has 0 aliphatic rings. The number of aromatic nitrogens is 6. The van der Waals surface area contributed by atoms with Crippen molar-refractivity contribution in [3.63, 3.8) is 0 Å². The van der Waals surface area contributed by atoms with Crippen molar-refractivity contribution in [2.75, 3.05) is 0 Å². The minimum absolute atomic E-state index is 0.496. The third-order valence-electron chi connectivity index (χ3n) is 11.0. The summed E-state index contributed by atoms with van der Waals surface area (Å²) in [6.45, 7) is 0. The Labute approximate surface area is 325 Å². The van der Waals surface area contributed by atoms with E-state index in [0.717, 1.165) is 82.3 Å². The second kappa shape index (κ2) is 12.3. The van der Waals surface area contributed by atoms with Gasteiger partial charge in [-0.2, -0.15) is 4.98 Å². The normalized spacial score (nSPS) is 11.9. The summed E-state index contributed by atoms with van der Waals surface area (Å²) in [6, 6.07) is 62.6. The lowest BCUT2D eigenvalue weighted by atomic mass is 10.0. The summed E-state index contributed by atoms with van der Waals surface area (Å²) in [5.74, 6) is 2.36. The van der Waals surface area contributed by atoms with Crippen LogP contribution in [0.5, 0.6) is 0 Å². The Hall–Kier alpha value is -7.90. The van der Waals surface area contributed by atoms with Gasteiger partial charge in [0.15, 0.2) is 23.3 Å². The van der Waals surface area contributed by atoms with Crippen LogP contribution in [0.2, 0.25) is 0 Å². The molecule has 0 atom stereocenters. The molecular formula is C50H30N6O. The zero-order valence-corrected chi connectivity index (χ0v) is 30.4. The molecule has 266 valence electrons. The second-order valence-corrected chi connectivity index (χ2v) is 14.2. The van der Waals surface area contributed by atoms with Crippen LogP contribution in [0.25, 0.3) is 111 Å². The molecule has 57 heavy (non-hydrogen) atoms. The van der Waals surface area contributed by atoms with Crippen LogP contribution in [-0.2, 0) is 0 Å². The van der Waals surface area contributed by atoms with Gasteiger partial charge in [0.25, 0.3) is 0 Å². The predicted octanol–water partition coefficient (Wildman–Crippen LogP) is 12.4. The first-order chi connectivity index (χ1) is 28.3. The van der Waals surface area contributed by atoms with Crippen LogP contribution >= 0.6 is 0 Å². The Bertz CT molecular complexity index is 3360. The monoisotopic (exact) mass is 730 g/mol. The number of para-hydroxylation sites is 5. The van der Waals surface area contributed by atoms with Crippen molar-refractivity contribution in [1.29, 1.82) is 0 Å². The van der Waals surface area contributed by atoms with Crippen molar-refractivity contribution in [3.8, 4) is 45.7 Å². The van der Waals surface area contributed by atoms with E-state index in [9.17, 15) is 0 Å². The number of hydrogen-bond donors (Lipinski definition) is 0. The van der Waals surface area contributed by atoms with Crippen LogP contribution in [0.1, 0.15) is 0 Å². The summed E-state index contributed by atoms with van der Waals surface area (Å²) >= 11 is 0. The van der Waals surface area contributed by atoms with Crippen LogP contribution < -0.4 is 0 Å². The molecule has 0 saturated carbocycles. The van der Waals surface area contributed by atoms with Crippen LogP contribution in [-0.4, -0.2) is 29.1 Å². The Balaban J connectivity index is 1.35. The average Bonchev–Trinajstić information content (AvgIpc) is 3.94. The van der Waals surface area contributed by atoms with Crippen molar-refractivity contribution < 1.29 is 4.42 Å². The number of hydrogen-bond acceptors (Lipinski definition) is 5. The first-order valence-electron chi connectivity index (χ1n) is 19.0. The SMILES string of the molecule is c1ccc(-c2nc(-c3ccccc3)nc(-c3c(-n4c5ccccc5c5ccccc54)c(-n4c5ccccc5c5ccccc54)nc4oc5ccccc5c34)n2)cc1. The Kier molecular flexibility index (Phi) is 6.79. The summed E-state index contributed by atoms with van der Waals surface area (Å²) < 4.78 is 11.4. The lowest BCUT2D eigenvalue weighted by molar-refractivity contribution is 0.653. The van der Waals surface area contributed by atoms with Gasteiger partial charge in [0.2, 0.25) is 5.71 Å². The summed E-state index contributed by atoms with van der Waals surface area (Å²) in [4.78, 5) is 21.5. The highest BCUT2D eigenvalue weighted by molar-refractivity contribution is 6.17. The highest BCUT2D eigenvalue weighted by Crippen LogP contribution is 2.46. The fourth-order valence-electron chi connectivity index (χ4n) is 8.55. The summed E-state index contributed by atoms with van der Waals surface area (Å²) in [6.07, 6.45) is 0.